The van der Waals surface area contributed by atoms with E-state index in [9.17, 15) is 0 Å². The van der Waals surface area contributed by atoms with Crippen LogP contribution in [0.5, 0.6) is 5.75 Å². The Hall–Kier alpha value is -2.30. The van der Waals surface area contributed by atoms with Crippen LogP contribution in [0.1, 0.15) is 5.56 Å². The monoisotopic (exact) mass is 244 g/mol. The van der Waals surface area contributed by atoms with E-state index in [1.54, 1.807) is 19.5 Å². The van der Waals surface area contributed by atoms with Crippen molar-refractivity contribution in [1.82, 2.24) is 9.97 Å². The second-order valence-electron chi connectivity index (χ2n) is 3.85. The first kappa shape index (κ1) is 12.2. The molecule has 18 heavy (non-hydrogen) atoms. The van der Waals surface area contributed by atoms with Gasteiger partial charge in [0.05, 0.1) is 19.5 Å². The lowest BCUT2D eigenvalue weighted by Crippen LogP contribution is -1.99. The van der Waals surface area contributed by atoms with Gasteiger partial charge in [0.25, 0.3) is 0 Å². The number of aryl methyl sites for hydroxylation is 1. The molecule has 0 aliphatic heterocycles. The summed E-state index contributed by atoms with van der Waals surface area (Å²) < 4.78 is 5.22. The van der Waals surface area contributed by atoms with Crippen molar-refractivity contribution >= 4 is 17.3 Å². The molecule has 5 nitrogen and oxygen atoms in total. The fourth-order valence-corrected chi connectivity index (χ4v) is 1.65. The highest BCUT2D eigenvalue weighted by molar-refractivity contribution is 5.59. The maximum Gasteiger partial charge on any atom is 0.151 e. The van der Waals surface area contributed by atoms with Crippen molar-refractivity contribution in [3.8, 4) is 5.75 Å². The van der Waals surface area contributed by atoms with Gasteiger partial charge in [-0.15, -0.1) is 0 Å². The van der Waals surface area contributed by atoms with Crippen molar-refractivity contribution in [2.24, 2.45) is 0 Å². The van der Waals surface area contributed by atoms with Gasteiger partial charge in [-0.3, -0.25) is 4.98 Å². The van der Waals surface area contributed by atoms with E-state index in [4.69, 9.17) is 4.74 Å². The smallest absolute Gasteiger partial charge is 0.151 e. The van der Waals surface area contributed by atoms with Crippen molar-refractivity contribution < 1.29 is 4.74 Å². The molecule has 0 fully saturated rings. The molecule has 0 saturated carbocycles. The number of nitrogens with zero attached hydrogens (tertiary/aromatic N) is 2. The number of hydrogen-bond donors (Lipinski definition) is 2. The topological polar surface area (TPSA) is 59.1 Å². The summed E-state index contributed by atoms with van der Waals surface area (Å²) in [7, 11) is 3.47. The second-order valence-corrected chi connectivity index (χ2v) is 3.85. The maximum absolute atomic E-state index is 5.22. The lowest BCUT2D eigenvalue weighted by molar-refractivity contribution is 0.412. The van der Waals surface area contributed by atoms with Crippen LogP contribution in [0.2, 0.25) is 0 Å². The van der Waals surface area contributed by atoms with Crippen LogP contribution >= 0.6 is 0 Å². The van der Waals surface area contributed by atoms with E-state index in [2.05, 4.69) is 20.6 Å². The molecular weight excluding hydrogens is 228 g/mol. The number of anilines is 3. The third-order valence-electron chi connectivity index (χ3n) is 2.56. The molecule has 0 unspecified atom stereocenters. The van der Waals surface area contributed by atoms with Crippen LogP contribution in [0.25, 0.3) is 0 Å². The molecule has 0 atom stereocenters. The molecule has 0 radical (unpaired) electrons. The van der Waals surface area contributed by atoms with Crippen LogP contribution in [0.4, 0.5) is 17.3 Å². The van der Waals surface area contributed by atoms with Gasteiger partial charge in [0, 0.05) is 12.7 Å². The van der Waals surface area contributed by atoms with Crippen LogP contribution in [0.3, 0.4) is 0 Å². The first-order valence-corrected chi connectivity index (χ1v) is 5.64. The Morgan fingerprint density at radius 1 is 1.17 bits per heavy atom. The molecule has 2 rings (SSSR count). The average Bonchev–Trinajstić information content (AvgIpc) is 2.39. The molecule has 0 bridgehead atoms. The van der Waals surface area contributed by atoms with Crippen molar-refractivity contribution in [3.63, 3.8) is 0 Å². The molecule has 0 aliphatic rings. The Bertz CT molecular complexity index is 542. The number of rotatable bonds is 4. The van der Waals surface area contributed by atoms with Gasteiger partial charge in [0.1, 0.15) is 11.6 Å². The van der Waals surface area contributed by atoms with Crippen molar-refractivity contribution in [2.75, 3.05) is 24.8 Å². The number of hydrogen-bond acceptors (Lipinski definition) is 5. The standard InChI is InChI=1S/C13H16N4O/c1-9-6-10(4-5-11(9)18-3)16-13-8-15-7-12(14-2)17-13/h4-8H,1-3H3,(H2,14,16,17). The normalized spacial score (nSPS) is 9.94. The van der Waals surface area contributed by atoms with Crippen molar-refractivity contribution in [1.29, 1.82) is 0 Å². The van der Waals surface area contributed by atoms with Crippen LogP contribution in [0.15, 0.2) is 30.6 Å². The van der Waals surface area contributed by atoms with E-state index in [1.807, 2.05) is 32.2 Å². The molecule has 2 N–H and O–H groups in total. The molecule has 1 heterocycles. The summed E-state index contributed by atoms with van der Waals surface area (Å²) in [6.45, 7) is 2.00. The summed E-state index contributed by atoms with van der Waals surface area (Å²) in [5, 5.41) is 6.15. The van der Waals surface area contributed by atoms with Gasteiger partial charge >= 0.3 is 0 Å². The third-order valence-corrected chi connectivity index (χ3v) is 2.56. The first-order valence-electron chi connectivity index (χ1n) is 5.64. The van der Waals surface area contributed by atoms with Gasteiger partial charge in [-0.1, -0.05) is 0 Å². The fourth-order valence-electron chi connectivity index (χ4n) is 1.65. The minimum atomic E-state index is 0.700. The fraction of sp³-hybridized carbons (Fsp3) is 0.231. The lowest BCUT2D eigenvalue weighted by atomic mass is 10.2. The lowest BCUT2D eigenvalue weighted by Gasteiger charge is -2.09. The largest absolute Gasteiger partial charge is 0.496 e. The zero-order chi connectivity index (χ0) is 13.0. The highest BCUT2D eigenvalue weighted by Gasteiger charge is 2.02. The number of methoxy groups -OCH3 is 1. The maximum atomic E-state index is 5.22. The molecule has 94 valence electrons. The van der Waals surface area contributed by atoms with E-state index >= 15 is 0 Å². The van der Waals surface area contributed by atoms with Gasteiger partial charge in [0.15, 0.2) is 5.82 Å². The number of benzene rings is 1. The number of aromatic nitrogens is 2. The van der Waals surface area contributed by atoms with E-state index in [1.165, 1.54) is 0 Å². The second kappa shape index (κ2) is 5.35. The molecule has 2 aromatic rings. The van der Waals surface area contributed by atoms with Gasteiger partial charge in [-0.05, 0) is 30.7 Å². The van der Waals surface area contributed by atoms with E-state index in [-0.39, 0.29) is 0 Å². The minimum absolute atomic E-state index is 0.700. The van der Waals surface area contributed by atoms with Crippen LogP contribution in [-0.2, 0) is 0 Å². The SMILES string of the molecule is CNc1cncc(Nc2ccc(OC)c(C)c2)n1. The summed E-state index contributed by atoms with van der Waals surface area (Å²) in [5.74, 6) is 2.30. The highest BCUT2D eigenvalue weighted by atomic mass is 16.5. The quantitative estimate of drug-likeness (QED) is 0.865. The average molecular weight is 244 g/mol. The molecule has 0 aliphatic carbocycles. The van der Waals surface area contributed by atoms with E-state index in [0.29, 0.717) is 5.82 Å². The molecule has 0 spiro atoms. The Labute approximate surface area is 106 Å². The zero-order valence-electron chi connectivity index (χ0n) is 10.7. The Morgan fingerprint density at radius 2 is 1.94 bits per heavy atom. The van der Waals surface area contributed by atoms with Gasteiger partial charge in [0.2, 0.25) is 0 Å². The van der Waals surface area contributed by atoms with Gasteiger partial charge in [-0.25, -0.2) is 4.98 Å². The van der Waals surface area contributed by atoms with Crippen LogP contribution in [0, 0.1) is 6.92 Å². The summed E-state index contributed by atoms with van der Waals surface area (Å²) >= 11 is 0. The highest BCUT2D eigenvalue weighted by Crippen LogP contribution is 2.23. The Balaban J connectivity index is 2.20. The van der Waals surface area contributed by atoms with Crippen molar-refractivity contribution in [3.05, 3.63) is 36.2 Å². The summed E-state index contributed by atoms with van der Waals surface area (Å²) in [6, 6.07) is 5.87. The van der Waals surface area contributed by atoms with Crippen LogP contribution in [-0.4, -0.2) is 24.1 Å². The molecule has 0 saturated heterocycles. The summed E-state index contributed by atoms with van der Waals surface area (Å²) in [4.78, 5) is 8.44. The number of nitrogens with one attached hydrogen (secondary N) is 2. The predicted molar refractivity (Wildman–Crippen MR) is 72.6 cm³/mol. The first-order chi connectivity index (χ1) is 8.72. The molecule has 5 heteroatoms. The molecule has 1 aromatic carbocycles. The van der Waals surface area contributed by atoms with E-state index < -0.39 is 0 Å². The third kappa shape index (κ3) is 2.68. The Morgan fingerprint density at radius 3 is 2.61 bits per heavy atom. The number of ether oxygens (including phenoxy) is 1. The predicted octanol–water partition coefficient (Wildman–Crippen LogP) is 2.58. The van der Waals surface area contributed by atoms with Gasteiger partial charge < -0.3 is 15.4 Å². The van der Waals surface area contributed by atoms with E-state index in [0.717, 1.165) is 22.8 Å². The van der Waals surface area contributed by atoms with Crippen LogP contribution < -0.4 is 15.4 Å². The minimum Gasteiger partial charge on any atom is -0.496 e. The molecule has 1 aromatic heterocycles. The summed E-state index contributed by atoms with van der Waals surface area (Å²) in [6.07, 6.45) is 3.35. The van der Waals surface area contributed by atoms with Gasteiger partial charge in [-0.2, -0.15) is 0 Å². The van der Waals surface area contributed by atoms with Crippen molar-refractivity contribution in [2.45, 2.75) is 6.92 Å². The molecular formula is C13H16N4O. The Kier molecular flexibility index (Phi) is 3.62. The summed E-state index contributed by atoms with van der Waals surface area (Å²) in [5.41, 5.74) is 2.02. The zero-order valence-corrected chi connectivity index (χ0v) is 10.7. The molecule has 0 amide bonds.